The van der Waals surface area contributed by atoms with Gasteiger partial charge in [-0.1, -0.05) is 41.7 Å². The molecule has 5 rings (SSSR count). The Morgan fingerprint density at radius 1 is 0.952 bits per heavy atom. The van der Waals surface area contributed by atoms with Crippen molar-refractivity contribution in [3.8, 4) is 11.5 Å². The lowest BCUT2D eigenvalue weighted by atomic mass is 9.96. The molecule has 0 aliphatic carbocycles. The van der Waals surface area contributed by atoms with Gasteiger partial charge >= 0.3 is 5.97 Å². The second-order valence-corrected chi connectivity index (χ2v) is 10.4. The van der Waals surface area contributed by atoms with Crippen molar-refractivity contribution < 1.29 is 27.8 Å². The van der Waals surface area contributed by atoms with E-state index in [1.807, 2.05) is 6.92 Å². The number of ether oxygens (including phenoxy) is 3. The topological polar surface area (TPSA) is 79.1 Å². The van der Waals surface area contributed by atoms with Crippen LogP contribution in [0.1, 0.15) is 43.5 Å². The van der Waals surface area contributed by atoms with Crippen LogP contribution in [0.5, 0.6) is 11.5 Å². The third-order valence-corrected chi connectivity index (χ3v) is 7.56. The molecule has 10 heteroatoms. The van der Waals surface area contributed by atoms with Crippen LogP contribution in [0.4, 0.5) is 8.78 Å². The predicted octanol–water partition coefficient (Wildman–Crippen LogP) is 5.05. The Hall–Kier alpha value is -4.57. The third-order valence-electron chi connectivity index (χ3n) is 6.58. The van der Waals surface area contributed by atoms with Gasteiger partial charge in [0.15, 0.2) is 16.3 Å². The molecule has 0 unspecified atom stereocenters. The number of hydrogen-bond acceptors (Lipinski definition) is 7. The van der Waals surface area contributed by atoms with Crippen LogP contribution in [-0.2, 0) is 16.1 Å². The van der Waals surface area contributed by atoms with Crippen LogP contribution in [0.2, 0.25) is 0 Å². The number of carbonyl (C=O) groups is 1. The summed E-state index contributed by atoms with van der Waals surface area (Å²) in [5, 5.41) is 0. The Bertz CT molecular complexity index is 1830. The van der Waals surface area contributed by atoms with E-state index in [1.165, 1.54) is 40.2 Å². The predicted molar refractivity (Wildman–Crippen MR) is 155 cm³/mol. The van der Waals surface area contributed by atoms with E-state index in [9.17, 15) is 18.4 Å². The monoisotopic (exact) mass is 590 g/mol. The van der Waals surface area contributed by atoms with Crippen LogP contribution >= 0.6 is 11.3 Å². The number of halogens is 2. The summed E-state index contributed by atoms with van der Waals surface area (Å²) in [5.74, 6) is -0.337. The van der Waals surface area contributed by atoms with E-state index in [1.54, 1.807) is 62.4 Å². The zero-order valence-corrected chi connectivity index (χ0v) is 24.0. The number of rotatable bonds is 9. The number of esters is 1. The van der Waals surface area contributed by atoms with Gasteiger partial charge in [-0.15, -0.1) is 0 Å². The lowest BCUT2D eigenvalue weighted by molar-refractivity contribution is -0.139. The fourth-order valence-electron chi connectivity index (χ4n) is 4.65. The molecule has 0 fully saturated rings. The van der Waals surface area contributed by atoms with Gasteiger partial charge in [-0.2, -0.15) is 0 Å². The van der Waals surface area contributed by atoms with Gasteiger partial charge in [0.25, 0.3) is 5.56 Å². The second-order valence-electron chi connectivity index (χ2n) is 9.41. The third kappa shape index (κ3) is 6.03. The summed E-state index contributed by atoms with van der Waals surface area (Å²) < 4.78 is 45.9. The van der Waals surface area contributed by atoms with Crippen LogP contribution in [0, 0.1) is 11.6 Å². The summed E-state index contributed by atoms with van der Waals surface area (Å²) in [4.78, 5) is 31.8. The molecule has 216 valence electrons. The van der Waals surface area contributed by atoms with Gasteiger partial charge in [0.05, 0.1) is 35.1 Å². The molecule has 7 nitrogen and oxygen atoms in total. The highest BCUT2D eigenvalue weighted by molar-refractivity contribution is 7.07. The molecule has 1 aliphatic heterocycles. The van der Waals surface area contributed by atoms with Crippen LogP contribution in [0.15, 0.2) is 87.8 Å². The Morgan fingerprint density at radius 2 is 1.64 bits per heavy atom. The molecule has 0 spiro atoms. The van der Waals surface area contributed by atoms with Crippen LogP contribution in [0.25, 0.3) is 6.08 Å². The van der Waals surface area contributed by atoms with Gasteiger partial charge in [0, 0.05) is 0 Å². The maximum atomic E-state index is 13.8. The van der Waals surface area contributed by atoms with E-state index in [0.29, 0.717) is 44.3 Å². The summed E-state index contributed by atoms with van der Waals surface area (Å²) in [5.41, 5.74) is 2.36. The van der Waals surface area contributed by atoms with E-state index in [0.717, 1.165) is 5.56 Å². The summed E-state index contributed by atoms with van der Waals surface area (Å²) >= 11 is 1.19. The second kappa shape index (κ2) is 12.5. The van der Waals surface area contributed by atoms with Crippen LogP contribution in [0.3, 0.4) is 0 Å². The van der Waals surface area contributed by atoms with Crippen molar-refractivity contribution >= 4 is 23.4 Å². The summed E-state index contributed by atoms with van der Waals surface area (Å²) in [6.07, 6.45) is 1.72. The SMILES string of the molecule is CCOC(=O)C1=C(C)N=c2s/c(=C\c3ccc(OCc4ccc(F)cc4)c(OCC)c3)c(=O)n2[C@@H]1c1ccc(F)cc1. The lowest BCUT2D eigenvalue weighted by Gasteiger charge is -2.24. The molecular formula is C32H28F2N2O5S. The molecule has 0 saturated carbocycles. The number of allylic oxidation sites excluding steroid dienone is 1. The molecule has 0 amide bonds. The number of benzene rings is 3. The van der Waals surface area contributed by atoms with Crippen molar-refractivity contribution in [1.29, 1.82) is 0 Å². The standard InChI is InChI=1S/C32H28F2N2O5S/c1-4-39-26-16-21(8-15-25(26)41-18-20-6-11-23(33)12-7-20)17-27-30(37)36-29(22-9-13-24(34)14-10-22)28(31(38)40-5-2)19(3)35-32(36)42-27/h6-17,29H,4-5,18H2,1-3H3/b27-17-/t29-/m1/s1. The minimum Gasteiger partial charge on any atom is -0.490 e. The fraction of sp³-hybridized carbons (Fsp3) is 0.219. The smallest absolute Gasteiger partial charge is 0.338 e. The van der Waals surface area contributed by atoms with Gasteiger partial charge < -0.3 is 14.2 Å². The van der Waals surface area contributed by atoms with Crippen LogP contribution < -0.4 is 24.4 Å². The van der Waals surface area contributed by atoms with Gasteiger partial charge in [0.1, 0.15) is 18.2 Å². The minimum atomic E-state index is -0.829. The maximum Gasteiger partial charge on any atom is 0.338 e. The molecule has 0 saturated heterocycles. The lowest BCUT2D eigenvalue weighted by Crippen LogP contribution is -2.39. The largest absolute Gasteiger partial charge is 0.490 e. The number of aromatic nitrogens is 1. The van der Waals surface area contributed by atoms with E-state index >= 15 is 0 Å². The Balaban J connectivity index is 1.54. The molecule has 1 aromatic heterocycles. The first kappa shape index (κ1) is 28.9. The van der Waals surface area contributed by atoms with Gasteiger partial charge in [-0.3, -0.25) is 9.36 Å². The molecule has 2 heterocycles. The van der Waals surface area contributed by atoms with Crippen molar-refractivity contribution in [3.05, 3.63) is 126 Å². The summed E-state index contributed by atoms with van der Waals surface area (Å²) in [6.45, 7) is 6.02. The van der Waals surface area contributed by atoms with Crippen molar-refractivity contribution in [2.75, 3.05) is 13.2 Å². The number of nitrogens with zero attached hydrogens (tertiary/aromatic N) is 2. The first-order chi connectivity index (χ1) is 20.3. The quantitative estimate of drug-likeness (QED) is 0.255. The van der Waals surface area contributed by atoms with Crippen molar-refractivity contribution in [1.82, 2.24) is 4.57 Å². The fourth-order valence-corrected chi connectivity index (χ4v) is 5.69. The van der Waals surface area contributed by atoms with Gasteiger partial charge in [0.2, 0.25) is 0 Å². The molecular weight excluding hydrogens is 562 g/mol. The van der Waals surface area contributed by atoms with Gasteiger partial charge in [-0.25, -0.2) is 18.6 Å². The summed E-state index contributed by atoms with van der Waals surface area (Å²) in [7, 11) is 0. The number of thiazole rings is 1. The molecule has 0 N–H and O–H groups in total. The van der Waals surface area contributed by atoms with E-state index in [4.69, 9.17) is 14.2 Å². The first-order valence-corrected chi connectivity index (χ1v) is 14.2. The zero-order valence-electron chi connectivity index (χ0n) is 23.2. The van der Waals surface area contributed by atoms with Crippen molar-refractivity contribution in [2.45, 2.75) is 33.4 Å². The first-order valence-electron chi connectivity index (χ1n) is 13.4. The minimum absolute atomic E-state index is 0.155. The maximum absolute atomic E-state index is 13.8. The molecule has 1 aliphatic rings. The highest BCUT2D eigenvalue weighted by Gasteiger charge is 2.33. The Labute approximate surface area is 244 Å². The van der Waals surface area contributed by atoms with Crippen molar-refractivity contribution in [2.24, 2.45) is 4.99 Å². The average molecular weight is 591 g/mol. The normalized spacial score (nSPS) is 14.8. The average Bonchev–Trinajstić information content (AvgIpc) is 3.27. The van der Waals surface area contributed by atoms with Crippen LogP contribution in [-0.4, -0.2) is 23.8 Å². The molecule has 4 aromatic rings. The van der Waals surface area contributed by atoms with Crippen molar-refractivity contribution in [3.63, 3.8) is 0 Å². The van der Waals surface area contributed by atoms with E-state index in [2.05, 4.69) is 4.99 Å². The van der Waals surface area contributed by atoms with E-state index in [-0.39, 0.29) is 30.2 Å². The molecule has 0 radical (unpaired) electrons. The van der Waals surface area contributed by atoms with E-state index < -0.39 is 17.8 Å². The van der Waals surface area contributed by atoms with Gasteiger partial charge in [-0.05, 0) is 79.9 Å². The molecule has 42 heavy (non-hydrogen) atoms. The molecule has 0 bridgehead atoms. The number of carbonyl (C=O) groups excluding carboxylic acids is 1. The highest BCUT2D eigenvalue weighted by Crippen LogP contribution is 2.32. The Morgan fingerprint density at radius 3 is 2.31 bits per heavy atom. The zero-order chi connectivity index (χ0) is 29.8. The molecule has 1 atom stereocenters. The highest BCUT2D eigenvalue weighted by atomic mass is 32.1. The summed E-state index contributed by atoms with van der Waals surface area (Å²) in [6, 6.07) is 16.2. The number of fused-ring (bicyclic) bond motifs is 1. The Kier molecular flexibility index (Phi) is 8.63. The number of hydrogen-bond donors (Lipinski definition) is 0. The molecule has 3 aromatic carbocycles.